The maximum absolute atomic E-state index is 13.3. The van der Waals surface area contributed by atoms with Crippen LogP contribution in [0.15, 0.2) is 0 Å². The van der Waals surface area contributed by atoms with Crippen LogP contribution in [-0.2, 0) is 29.0 Å². The van der Waals surface area contributed by atoms with Crippen molar-refractivity contribution in [3.8, 4) is 0 Å². The van der Waals surface area contributed by atoms with E-state index in [2.05, 4.69) is 18.7 Å². The standard InChI is InChI=1S/C22H37N5O3/c1-5-25(6-2)20(28)16-24-9-8-19-18(15-24)21(23-27(19)10-7-17(3)4)22(29)26-11-13-30-14-12-26/h17H,5-16H2,1-4H3. The van der Waals surface area contributed by atoms with Gasteiger partial charge in [0.25, 0.3) is 5.91 Å². The molecule has 1 aromatic rings. The minimum Gasteiger partial charge on any atom is -0.378 e. The summed E-state index contributed by atoms with van der Waals surface area (Å²) in [5, 5.41) is 4.78. The molecule has 2 aliphatic heterocycles. The summed E-state index contributed by atoms with van der Waals surface area (Å²) in [5.74, 6) is 0.724. The lowest BCUT2D eigenvalue weighted by Gasteiger charge is -2.30. The summed E-state index contributed by atoms with van der Waals surface area (Å²) < 4.78 is 7.45. The zero-order valence-electron chi connectivity index (χ0n) is 19.0. The summed E-state index contributed by atoms with van der Waals surface area (Å²) in [6, 6.07) is 0. The summed E-state index contributed by atoms with van der Waals surface area (Å²) in [5.41, 5.74) is 2.74. The monoisotopic (exact) mass is 419 g/mol. The Balaban J connectivity index is 1.81. The summed E-state index contributed by atoms with van der Waals surface area (Å²) in [6.45, 7) is 14.9. The van der Waals surface area contributed by atoms with Gasteiger partial charge < -0.3 is 14.5 Å². The van der Waals surface area contributed by atoms with E-state index in [1.165, 1.54) is 5.69 Å². The first-order valence-corrected chi connectivity index (χ1v) is 11.4. The van der Waals surface area contributed by atoms with Crippen LogP contribution < -0.4 is 0 Å². The Labute approximate surface area is 180 Å². The molecule has 3 heterocycles. The molecule has 0 saturated carbocycles. The van der Waals surface area contributed by atoms with Gasteiger partial charge in [0.05, 0.1) is 19.8 Å². The topological polar surface area (TPSA) is 70.9 Å². The fraction of sp³-hybridized carbons (Fsp3) is 0.773. The van der Waals surface area contributed by atoms with E-state index in [1.54, 1.807) is 0 Å². The van der Waals surface area contributed by atoms with Crippen LogP contribution in [0.4, 0.5) is 0 Å². The van der Waals surface area contributed by atoms with Crippen molar-refractivity contribution in [1.82, 2.24) is 24.5 Å². The highest BCUT2D eigenvalue weighted by atomic mass is 16.5. The van der Waals surface area contributed by atoms with E-state index in [-0.39, 0.29) is 11.8 Å². The van der Waals surface area contributed by atoms with Gasteiger partial charge in [0.2, 0.25) is 5.91 Å². The van der Waals surface area contributed by atoms with Crippen molar-refractivity contribution in [2.24, 2.45) is 5.92 Å². The lowest BCUT2D eigenvalue weighted by Crippen LogP contribution is -2.43. The van der Waals surface area contributed by atoms with Crippen LogP contribution >= 0.6 is 0 Å². The van der Waals surface area contributed by atoms with E-state index in [1.807, 2.05) is 28.3 Å². The Kier molecular flexibility index (Phi) is 7.88. The van der Waals surface area contributed by atoms with Crippen molar-refractivity contribution < 1.29 is 14.3 Å². The fourth-order valence-corrected chi connectivity index (χ4v) is 4.20. The number of likely N-dealkylation sites (N-methyl/N-ethyl adjacent to an activating group) is 1. The number of aromatic nitrogens is 2. The number of aryl methyl sites for hydroxylation is 1. The highest BCUT2D eigenvalue weighted by molar-refractivity contribution is 5.94. The number of nitrogens with zero attached hydrogens (tertiary/aromatic N) is 5. The van der Waals surface area contributed by atoms with Crippen LogP contribution in [0.3, 0.4) is 0 Å². The van der Waals surface area contributed by atoms with Gasteiger partial charge in [0.15, 0.2) is 5.69 Å². The maximum atomic E-state index is 13.3. The molecule has 1 fully saturated rings. The number of amides is 2. The maximum Gasteiger partial charge on any atom is 0.274 e. The molecule has 2 amide bonds. The first kappa shape index (κ1) is 22.7. The zero-order chi connectivity index (χ0) is 21.7. The van der Waals surface area contributed by atoms with E-state index in [0.29, 0.717) is 51.0 Å². The summed E-state index contributed by atoms with van der Waals surface area (Å²) in [6.07, 6.45) is 1.85. The van der Waals surface area contributed by atoms with Crippen molar-refractivity contribution in [2.75, 3.05) is 52.5 Å². The van der Waals surface area contributed by atoms with E-state index < -0.39 is 0 Å². The number of carbonyl (C=O) groups is 2. The third-order valence-electron chi connectivity index (χ3n) is 6.11. The first-order valence-electron chi connectivity index (χ1n) is 11.4. The molecule has 0 N–H and O–H groups in total. The van der Waals surface area contributed by atoms with Crippen molar-refractivity contribution in [3.05, 3.63) is 17.0 Å². The molecule has 0 unspecified atom stereocenters. The largest absolute Gasteiger partial charge is 0.378 e. The Bertz CT molecular complexity index is 735. The van der Waals surface area contributed by atoms with Gasteiger partial charge in [-0.1, -0.05) is 13.8 Å². The Morgan fingerprint density at radius 3 is 2.47 bits per heavy atom. The molecular weight excluding hydrogens is 382 g/mol. The normalized spacial score (nSPS) is 17.3. The molecule has 3 rings (SSSR count). The minimum absolute atomic E-state index is 0.00485. The second-order valence-electron chi connectivity index (χ2n) is 8.61. The molecule has 1 saturated heterocycles. The summed E-state index contributed by atoms with van der Waals surface area (Å²) >= 11 is 0. The van der Waals surface area contributed by atoms with Crippen molar-refractivity contribution in [2.45, 2.75) is 53.6 Å². The molecular formula is C22H37N5O3. The molecule has 0 aliphatic carbocycles. The quantitative estimate of drug-likeness (QED) is 0.641. The number of hydrogen-bond donors (Lipinski definition) is 0. The number of fused-ring (bicyclic) bond motifs is 1. The Morgan fingerprint density at radius 1 is 1.13 bits per heavy atom. The third-order valence-corrected chi connectivity index (χ3v) is 6.11. The van der Waals surface area contributed by atoms with E-state index in [0.717, 1.165) is 44.6 Å². The molecule has 30 heavy (non-hydrogen) atoms. The molecule has 1 aromatic heterocycles. The van der Waals surface area contributed by atoms with Crippen LogP contribution in [0.5, 0.6) is 0 Å². The first-order chi connectivity index (χ1) is 14.4. The van der Waals surface area contributed by atoms with Crippen molar-refractivity contribution in [1.29, 1.82) is 0 Å². The molecule has 2 aliphatic rings. The molecule has 0 spiro atoms. The van der Waals surface area contributed by atoms with Crippen LogP contribution in [0.1, 0.15) is 55.9 Å². The summed E-state index contributed by atoms with van der Waals surface area (Å²) in [7, 11) is 0. The van der Waals surface area contributed by atoms with Crippen LogP contribution in [0.25, 0.3) is 0 Å². The van der Waals surface area contributed by atoms with Gasteiger partial charge in [-0.2, -0.15) is 5.10 Å². The molecule has 8 heteroatoms. The molecule has 0 aromatic carbocycles. The number of carbonyl (C=O) groups excluding carboxylic acids is 2. The van der Waals surface area contributed by atoms with Crippen LogP contribution in [-0.4, -0.2) is 88.8 Å². The average molecular weight is 420 g/mol. The second kappa shape index (κ2) is 10.4. The number of rotatable bonds is 8. The van der Waals surface area contributed by atoms with Crippen LogP contribution in [0, 0.1) is 5.92 Å². The minimum atomic E-state index is -0.00485. The lowest BCUT2D eigenvalue weighted by atomic mass is 10.0. The molecule has 168 valence electrons. The van der Waals surface area contributed by atoms with Crippen molar-refractivity contribution >= 4 is 11.8 Å². The van der Waals surface area contributed by atoms with Gasteiger partial charge >= 0.3 is 0 Å². The Hall–Kier alpha value is -1.93. The van der Waals surface area contributed by atoms with Crippen molar-refractivity contribution in [3.63, 3.8) is 0 Å². The highest BCUT2D eigenvalue weighted by Gasteiger charge is 2.31. The molecule has 8 nitrogen and oxygen atoms in total. The predicted octanol–water partition coefficient (Wildman–Crippen LogP) is 1.63. The van der Waals surface area contributed by atoms with Crippen LogP contribution in [0.2, 0.25) is 0 Å². The zero-order valence-corrected chi connectivity index (χ0v) is 19.0. The predicted molar refractivity (Wildman–Crippen MR) is 115 cm³/mol. The number of hydrogen-bond acceptors (Lipinski definition) is 5. The Morgan fingerprint density at radius 2 is 1.83 bits per heavy atom. The van der Waals surface area contributed by atoms with Gasteiger partial charge in [-0.15, -0.1) is 0 Å². The van der Waals surface area contributed by atoms with E-state index in [9.17, 15) is 9.59 Å². The van der Waals surface area contributed by atoms with Gasteiger partial charge in [0.1, 0.15) is 0 Å². The SMILES string of the molecule is CCN(CC)C(=O)CN1CCc2c(c(C(=O)N3CCOCC3)nn2CCC(C)C)C1. The van der Waals surface area contributed by atoms with E-state index in [4.69, 9.17) is 9.84 Å². The molecule has 0 atom stereocenters. The van der Waals surface area contributed by atoms with Gasteiger partial charge in [0, 0.05) is 63.5 Å². The lowest BCUT2D eigenvalue weighted by molar-refractivity contribution is -0.132. The van der Waals surface area contributed by atoms with Gasteiger partial charge in [-0.25, -0.2) is 0 Å². The molecule has 0 radical (unpaired) electrons. The number of ether oxygens (including phenoxy) is 1. The average Bonchev–Trinajstić information content (AvgIpc) is 3.11. The van der Waals surface area contributed by atoms with Gasteiger partial charge in [-0.3, -0.25) is 19.2 Å². The van der Waals surface area contributed by atoms with E-state index >= 15 is 0 Å². The number of morpholine rings is 1. The molecule has 0 bridgehead atoms. The summed E-state index contributed by atoms with van der Waals surface area (Å²) in [4.78, 5) is 31.7. The second-order valence-corrected chi connectivity index (χ2v) is 8.61. The highest BCUT2D eigenvalue weighted by Crippen LogP contribution is 2.25. The third kappa shape index (κ3) is 5.21. The van der Waals surface area contributed by atoms with Gasteiger partial charge in [-0.05, 0) is 26.2 Å². The fourth-order valence-electron chi connectivity index (χ4n) is 4.20. The smallest absolute Gasteiger partial charge is 0.274 e.